The van der Waals surface area contributed by atoms with Gasteiger partial charge in [-0.05, 0) is 69.7 Å². The summed E-state index contributed by atoms with van der Waals surface area (Å²) in [5.74, 6) is 0.901. The third kappa shape index (κ3) is 1.94. The molecule has 7 atom stereocenters. The van der Waals surface area contributed by atoms with Gasteiger partial charge in [0.05, 0.1) is 5.60 Å². The van der Waals surface area contributed by atoms with Crippen LogP contribution in [0.2, 0.25) is 0 Å². The Morgan fingerprint density at radius 3 is 2.58 bits per heavy atom. The van der Waals surface area contributed by atoms with Crippen LogP contribution in [0.4, 0.5) is 0 Å². The molecule has 5 nitrogen and oxygen atoms in total. The van der Waals surface area contributed by atoms with Crippen molar-refractivity contribution in [1.29, 1.82) is 0 Å². The number of nitrogens with zero attached hydrogens (tertiary/aromatic N) is 1. The van der Waals surface area contributed by atoms with Gasteiger partial charge in [0.1, 0.15) is 11.7 Å². The van der Waals surface area contributed by atoms with E-state index in [9.17, 15) is 10.2 Å². The van der Waals surface area contributed by atoms with Crippen molar-refractivity contribution >= 4 is 0 Å². The predicted octanol–water partition coefficient (Wildman–Crippen LogP) is 3.63. The van der Waals surface area contributed by atoms with Crippen LogP contribution in [0.15, 0.2) is 12.1 Å². The summed E-state index contributed by atoms with van der Waals surface area (Å²) in [5.41, 5.74) is 0.692. The van der Waals surface area contributed by atoms with Crippen LogP contribution in [0, 0.1) is 16.7 Å². The first-order valence-corrected chi connectivity index (χ1v) is 12.0. The van der Waals surface area contributed by atoms with Crippen LogP contribution in [0.25, 0.3) is 0 Å². The number of rotatable bonds is 2. The van der Waals surface area contributed by atoms with Crippen molar-refractivity contribution < 1.29 is 19.7 Å². The third-order valence-corrected chi connectivity index (χ3v) is 10.8. The number of hydrogen-bond acceptors (Lipinski definition) is 5. The monoisotopic (exact) mass is 427 g/mol. The van der Waals surface area contributed by atoms with Crippen LogP contribution >= 0.6 is 0 Å². The van der Waals surface area contributed by atoms with Crippen LogP contribution in [0.5, 0.6) is 11.5 Å². The molecule has 0 unspecified atom stereocenters. The number of likely N-dealkylation sites (N-methyl/N-ethyl adjacent to an activating group) is 1. The summed E-state index contributed by atoms with van der Waals surface area (Å²) >= 11 is 0. The molecule has 3 saturated carbocycles. The number of phenolic OH excluding ortho intramolecular Hbond substituents is 1. The van der Waals surface area contributed by atoms with Gasteiger partial charge in [-0.1, -0.05) is 26.8 Å². The molecule has 4 aliphatic carbocycles. The zero-order valence-electron chi connectivity index (χ0n) is 19.8. The lowest BCUT2D eigenvalue weighted by Crippen LogP contribution is -2.83. The quantitative estimate of drug-likeness (QED) is 0.755. The first-order chi connectivity index (χ1) is 14.5. The van der Waals surface area contributed by atoms with E-state index in [1.165, 1.54) is 11.1 Å². The molecule has 2 spiro atoms. The second kappa shape index (κ2) is 5.60. The van der Waals surface area contributed by atoms with Gasteiger partial charge < -0.3 is 24.6 Å². The highest BCUT2D eigenvalue weighted by atomic mass is 16.6. The summed E-state index contributed by atoms with van der Waals surface area (Å²) in [6, 6.07) is 4.34. The van der Waals surface area contributed by atoms with Crippen molar-refractivity contribution in [3.05, 3.63) is 23.3 Å². The predicted molar refractivity (Wildman–Crippen MR) is 119 cm³/mol. The Morgan fingerprint density at radius 2 is 1.90 bits per heavy atom. The summed E-state index contributed by atoms with van der Waals surface area (Å²) in [6.45, 7) is 9.44. The molecule has 0 radical (unpaired) electrons. The van der Waals surface area contributed by atoms with Crippen LogP contribution in [-0.2, 0) is 16.6 Å². The Kier molecular flexibility index (Phi) is 3.67. The third-order valence-electron chi connectivity index (χ3n) is 10.8. The van der Waals surface area contributed by atoms with Crippen LogP contribution in [-0.4, -0.2) is 59.2 Å². The average molecular weight is 428 g/mol. The molecule has 2 heterocycles. The summed E-state index contributed by atoms with van der Waals surface area (Å²) in [6.07, 6.45) is 4.74. The van der Waals surface area contributed by atoms with Gasteiger partial charge in [-0.25, -0.2) is 0 Å². The summed E-state index contributed by atoms with van der Waals surface area (Å²) in [7, 11) is 4.08. The van der Waals surface area contributed by atoms with Crippen molar-refractivity contribution in [1.82, 2.24) is 4.90 Å². The molecule has 1 aromatic carbocycles. The Morgan fingerprint density at radius 1 is 1.16 bits per heavy atom. The number of ether oxygens (including phenoxy) is 2. The number of aliphatic hydroxyl groups is 1. The molecule has 0 amide bonds. The average Bonchev–Trinajstić information content (AvgIpc) is 3.08. The zero-order valence-corrected chi connectivity index (χ0v) is 19.8. The summed E-state index contributed by atoms with van der Waals surface area (Å²) in [4.78, 5) is 2.56. The zero-order chi connectivity index (χ0) is 22.2. The fraction of sp³-hybridized carbons (Fsp3) is 0.769. The van der Waals surface area contributed by atoms with E-state index >= 15 is 0 Å². The number of methoxy groups -OCH3 is 1. The molecule has 5 heteroatoms. The molecule has 2 N–H and O–H groups in total. The molecule has 6 aliphatic rings. The second-order valence-corrected chi connectivity index (χ2v) is 12.3. The Hall–Kier alpha value is -1.30. The van der Waals surface area contributed by atoms with E-state index in [1.54, 1.807) is 6.07 Å². The number of benzene rings is 1. The largest absolute Gasteiger partial charge is 0.504 e. The number of piperidine rings is 1. The van der Waals surface area contributed by atoms with Crippen LogP contribution < -0.4 is 4.74 Å². The highest BCUT2D eigenvalue weighted by Crippen LogP contribution is 2.77. The molecule has 31 heavy (non-hydrogen) atoms. The minimum absolute atomic E-state index is 0.0247. The molecular weight excluding hydrogens is 390 g/mol. The molecule has 1 saturated heterocycles. The van der Waals surface area contributed by atoms with Crippen molar-refractivity contribution in [2.75, 3.05) is 20.7 Å². The number of fused-ring (bicyclic) bond motifs is 2. The maximum absolute atomic E-state index is 12.0. The SMILES string of the molecule is CO[C@]12CC[C@@]3(C[C@@H]1[C@](C)(O)C(C)(C)C)[C@H]1Cc4ccc(O)c5c4[C@@]3(CCN1C)[C@H]2O5. The van der Waals surface area contributed by atoms with E-state index in [-0.39, 0.29) is 34.0 Å². The van der Waals surface area contributed by atoms with Gasteiger partial charge >= 0.3 is 0 Å². The van der Waals surface area contributed by atoms with Crippen molar-refractivity contribution in [3.8, 4) is 11.5 Å². The topological polar surface area (TPSA) is 62.2 Å². The van der Waals surface area contributed by atoms with Crippen molar-refractivity contribution in [3.63, 3.8) is 0 Å². The number of aromatic hydroxyl groups is 1. The Balaban J connectivity index is 1.66. The number of phenols is 1. The lowest BCUT2D eigenvalue weighted by Gasteiger charge is -2.75. The maximum atomic E-state index is 12.0. The molecule has 4 fully saturated rings. The minimum atomic E-state index is -0.911. The standard InChI is InChI=1S/C26H37NO4/c1-22(2,3)23(4,29)17-14-24-9-10-26(17,30-6)21-25(24)11-12-27(5)18(24)13-15-7-8-16(28)20(31-21)19(15)25/h7-8,17-18,21,28-29H,9-14H2,1-6H3/t17-,18-,21-,23+,24-,25+,26-/m1/s1. The molecule has 1 aromatic rings. The van der Waals surface area contributed by atoms with Crippen molar-refractivity contribution in [2.45, 2.75) is 88.6 Å². The molecular formula is C26H37NO4. The minimum Gasteiger partial charge on any atom is -0.504 e. The number of hydrogen-bond donors (Lipinski definition) is 2. The molecule has 170 valence electrons. The Bertz CT molecular complexity index is 967. The molecule has 0 aromatic heterocycles. The van der Waals surface area contributed by atoms with Gasteiger partial charge in [-0.15, -0.1) is 0 Å². The molecule has 4 bridgehead atoms. The summed E-state index contributed by atoms with van der Waals surface area (Å²) in [5, 5.41) is 22.9. The second-order valence-electron chi connectivity index (χ2n) is 12.3. The van der Waals surface area contributed by atoms with E-state index in [2.05, 4.69) is 38.8 Å². The van der Waals surface area contributed by atoms with Gasteiger partial charge in [-0.2, -0.15) is 0 Å². The first-order valence-electron chi connectivity index (χ1n) is 12.0. The molecule has 7 rings (SSSR count). The highest BCUT2D eigenvalue weighted by molar-refractivity contribution is 5.63. The smallest absolute Gasteiger partial charge is 0.165 e. The Labute approximate surface area is 185 Å². The van der Waals surface area contributed by atoms with Gasteiger partial charge in [0.15, 0.2) is 11.5 Å². The van der Waals surface area contributed by atoms with Crippen molar-refractivity contribution in [2.24, 2.45) is 16.7 Å². The first kappa shape index (κ1) is 20.3. The van der Waals surface area contributed by atoms with Gasteiger partial charge in [0, 0.05) is 35.5 Å². The van der Waals surface area contributed by atoms with Gasteiger partial charge in [0.2, 0.25) is 0 Å². The van der Waals surface area contributed by atoms with Gasteiger partial charge in [0.25, 0.3) is 0 Å². The summed E-state index contributed by atoms with van der Waals surface area (Å²) < 4.78 is 13.3. The van der Waals surface area contributed by atoms with E-state index in [0.717, 1.165) is 38.6 Å². The highest BCUT2D eigenvalue weighted by Gasteiger charge is 2.82. The van der Waals surface area contributed by atoms with E-state index in [1.807, 2.05) is 14.0 Å². The fourth-order valence-electron chi connectivity index (χ4n) is 8.86. The van der Waals surface area contributed by atoms with Crippen LogP contribution in [0.1, 0.15) is 64.5 Å². The van der Waals surface area contributed by atoms with E-state index in [4.69, 9.17) is 9.47 Å². The maximum Gasteiger partial charge on any atom is 0.165 e. The fourth-order valence-corrected chi connectivity index (χ4v) is 8.86. The van der Waals surface area contributed by atoms with E-state index in [0.29, 0.717) is 11.8 Å². The normalized spacial score (nSPS) is 44.5. The number of likely N-dealkylation sites (tertiary alicyclic amines) is 1. The van der Waals surface area contributed by atoms with Gasteiger partial charge in [-0.3, -0.25) is 0 Å². The van der Waals surface area contributed by atoms with Crippen LogP contribution in [0.3, 0.4) is 0 Å². The lowest BCUT2D eigenvalue weighted by atomic mass is 9.33. The molecule has 2 aliphatic heterocycles. The lowest BCUT2D eigenvalue weighted by molar-refractivity contribution is -0.311. The van der Waals surface area contributed by atoms with E-state index < -0.39 is 11.2 Å².